The number of morpholine rings is 1. The lowest BCUT2D eigenvalue weighted by atomic mass is 10.1. The number of nitrogens with zero attached hydrogens (tertiary/aromatic N) is 5. The molecule has 2 aliphatic rings. The van der Waals surface area contributed by atoms with Crippen LogP contribution in [-0.4, -0.2) is 69.9 Å². The maximum absolute atomic E-state index is 13.2. The Balaban J connectivity index is 1.51. The van der Waals surface area contributed by atoms with Crippen molar-refractivity contribution >= 4 is 16.9 Å². The van der Waals surface area contributed by atoms with Crippen LogP contribution in [0.4, 0.5) is 0 Å². The zero-order valence-electron chi connectivity index (χ0n) is 17.3. The molecule has 1 N–H and O–H groups in total. The zero-order valence-corrected chi connectivity index (χ0v) is 17.3. The molecule has 0 aromatic carbocycles. The Hall–Kier alpha value is -2.84. The van der Waals surface area contributed by atoms with Gasteiger partial charge in [0.25, 0.3) is 5.91 Å². The molecule has 1 saturated heterocycles. The fraction of sp³-hybridized carbons (Fsp3) is 0.455. The van der Waals surface area contributed by atoms with Crippen LogP contribution in [0.5, 0.6) is 0 Å². The minimum Gasteiger partial charge on any atom is -0.374 e. The molecule has 5 rings (SSSR count). The van der Waals surface area contributed by atoms with Gasteiger partial charge in [-0.05, 0) is 45.0 Å². The van der Waals surface area contributed by atoms with Gasteiger partial charge >= 0.3 is 0 Å². The first-order chi connectivity index (χ1) is 14.6. The first-order valence-corrected chi connectivity index (χ1v) is 10.5. The molecule has 1 unspecified atom stereocenters. The van der Waals surface area contributed by atoms with Gasteiger partial charge in [0.1, 0.15) is 0 Å². The number of fused-ring (bicyclic) bond motifs is 1. The van der Waals surface area contributed by atoms with Crippen molar-refractivity contribution in [1.29, 1.82) is 0 Å². The quantitative estimate of drug-likeness (QED) is 0.698. The Morgan fingerprint density at radius 1 is 1.33 bits per heavy atom. The van der Waals surface area contributed by atoms with Gasteiger partial charge in [0.05, 0.1) is 29.4 Å². The number of carbonyl (C=O) groups is 1. The van der Waals surface area contributed by atoms with Crippen LogP contribution in [0.1, 0.15) is 40.5 Å². The minimum atomic E-state index is -0.107. The lowest BCUT2D eigenvalue weighted by Crippen LogP contribution is -2.45. The molecule has 0 radical (unpaired) electrons. The minimum absolute atomic E-state index is 0.00488. The number of pyridine rings is 2. The number of aryl methyl sites for hydroxylation is 1. The Bertz CT molecular complexity index is 1080. The van der Waals surface area contributed by atoms with Crippen molar-refractivity contribution in [3.8, 4) is 5.82 Å². The summed E-state index contributed by atoms with van der Waals surface area (Å²) in [5.74, 6) is 1.01. The molecule has 30 heavy (non-hydrogen) atoms. The number of hydrogen-bond donors (Lipinski definition) is 1. The zero-order chi connectivity index (χ0) is 20.7. The molecule has 8 nitrogen and oxygen atoms in total. The summed E-state index contributed by atoms with van der Waals surface area (Å²) in [7, 11) is 2.07. The molecule has 1 aliphatic heterocycles. The molecular formula is C22H26N6O2. The van der Waals surface area contributed by atoms with Crippen LogP contribution in [0.25, 0.3) is 16.9 Å². The molecule has 1 aliphatic carbocycles. The largest absolute Gasteiger partial charge is 0.374 e. The monoisotopic (exact) mass is 406 g/mol. The third-order valence-electron chi connectivity index (χ3n) is 5.77. The summed E-state index contributed by atoms with van der Waals surface area (Å²) in [6.07, 6.45) is 3.96. The molecule has 0 spiro atoms. The van der Waals surface area contributed by atoms with E-state index in [-0.39, 0.29) is 12.0 Å². The van der Waals surface area contributed by atoms with E-state index in [1.54, 1.807) is 10.9 Å². The molecular weight excluding hydrogens is 380 g/mol. The number of ether oxygens (including phenoxy) is 1. The van der Waals surface area contributed by atoms with Gasteiger partial charge in [-0.25, -0.2) is 9.97 Å². The smallest absolute Gasteiger partial charge is 0.252 e. The average Bonchev–Trinajstić information content (AvgIpc) is 3.56. The Kier molecular flexibility index (Phi) is 4.96. The summed E-state index contributed by atoms with van der Waals surface area (Å²) in [5.41, 5.74) is 3.04. The summed E-state index contributed by atoms with van der Waals surface area (Å²) >= 11 is 0. The predicted molar refractivity (Wildman–Crippen MR) is 113 cm³/mol. The van der Waals surface area contributed by atoms with Crippen molar-refractivity contribution in [2.75, 3.05) is 33.3 Å². The van der Waals surface area contributed by atoms with Crippen molar-refractivity contribution in [3.63, 3.8) is 0 Å². The van der Waals surface area contributed by atoms with Crippen LogP contribution in [0.2, 0.25) is 0 Å². The topological polar surface area (TPSA) is 85.2 Å². The van der Waals surface area contributed by atoms with Crippen molar-refractivity contribution in [3.05, 3.63) is 47.4 Å². The molecule has 2 fully saturated rings. The molecule has 8 heteroatoms. The molecule has 4 heterocycles. The van der Waals surface area contributed by atoms with E-state index in [2.05, 4.69) is 27.3 Å². The van der Waals surface area contributed by atoms with Crippen LogP contribution >= 0.6 is 0 Å². The maximum Gasteiger partial charge on any atom is 0.252 e. The van der Waals surface area contributed by atoms with E-state index in [1.807, 2.05) is 31.2 Å². The Morgan fingerprint density at radius 2 is 2.20 bits per heavy atom. The first-order valence-electron chi connectivity index (χ1n) is 10.5. The molecule has 156 valence electrons. The molecule has 3 aromatic heterocycles. The van der Waals surface area contributed by atoms with Gasteiger partial charge in [-0.15, -0.1) is 0 Å². The highest BCUT2D eigenvalue weighted by atomic mass is 16.5. The fourth-order valence-corrected chi connectivity index (χ4v) is 4.01. The lowest BCUT2D eigenvalue weighted by molar-refractivity contribution is -0.0174. The fourth-order valence-electron chi connectivity index (χ4n) is 4.01. The summed E-state index contributed by atoms with van der Waals surface area (Å²) in [5, 5.41) is 8.52. The highest BCUT2D eigenvalue weighted by molar-refractivity contribution is 6.06. The van der Waals surface area contributed by atoms with E-state index < -0.39 is 0 Å². The van der Waals surface area contributed by atoms with Gasteiger partial charge in [-0.1, -0.05) is 6.07 Å². The normalized spacial score (nSPS) is 19.9. The van der Waals surface area contributed by atoms with Gasteiger partial charge < -0.3 is 15.0 Å². The Morgan fingerprint density at radius 3 is 2.93 bits per heavy atom. The molecule has 0 bridgehead atoms. The molecule has 1 amide bonds. The van der Waals surface area contributed by atoms with Crippen LogP contribution in [0, 0.1) is 6.92 Å². The van der Waals surface area contributed by atoms with Gasteiger partial charge in [0.2, 0.25) is 0 Å². The van der Waals surface area contributed by atoms with Crippen LogP contribution in [0.15, 0.2) is 30.5 Å². The second kappa shape index (κ2) is 7.77. The SMILES string of the molecule is Cc1nn(-c2ccccn2)c2nc(C3CC3)cc(C(=O)NCC3CN(C)CCO3)c12. The number of aromatic nitrogens is 4. The van der Waals surface area contributed by atoms with E-state index in [0.29, 0.717) is 36.1 Å². The highest BCUT2D eigenvalue weighted by Gasteiger charge is 2.29. The van der Waals surface area contributed by atoms with E-state index in [1.165, 1.54) is 0 Å². The van der Waals surface area contributed by atoms with Gasteiger partial charge in [0, 0.05) is 37.4 Å². The third kappa shape index (κ3) is 3.68. The van der Waals surface area contributed by atoms with Crippen LogP contribution in [0.3, 0.4) is 0 Å². The Labute approximate surface area is 175 Å². The van der Waals surface area contributed by atoms with Crippen molar-refractivity contribution in [1.82, 2.24) is 30.0 Å². The second-order valence-corrected chi connectivity index (χ2v) is 8.22. The number of amides is 1. The third-order valence-corrected chi connectivity index (χ3v) is 5.77. The van der Waals surface area contributed by atoms with Gasteiger partial charge in [0.15, 0.2) is 11.5 Å². The van der Waals surface area contributed by atoms with Gasteiger partial charge in [-0.3, -0.25) is 4.79 Å². The van der Waals surface area contributed by atoms with Crippen LogP contribution < -0.4 is 5.32 Å². The summed E-state index contributed by atoms with van der Waals surface area (Å²) in [6, 6.07) is 7.63. The van der Waals surface area contributed by atoms with E-state index in [9.17, 15) is 4.79 Å². The molecule has 3 aromatic rings. The average molecular weight is 406 g/mol. The van der Waals surface area contributed by atoms with Crippen LogP contribution in [-0.2, 0) is 4.74 Å². The number of hydrogen-bond acceptors (Lipinski definition) is 6. The maximum atomic E-state index is 13.2. The van der Waals surface area contributed by atoms with Crippen molar-refractivity contribution in [2.24, 2.45) is 0 Å². The number of carbonyl (C=O) groups excluding carboxylic acids is 1. The molecule has 1 saturated carbocycles. The predicted octanol–water partition coefficient (Wildman–Crippen LogP) is 2.06. The first kappa shape index (κ1) is 19.1. The van der Waals surface area contributed by atoms with E-state index in [0.717, 1.165) is 42.7 Å². The van der Waals surface area contributed by atoms with E-state index >= 15 is 0 Å². The summed E-state index contributed by atoms with van der Waals surface area (Å²) in [4.78, 5) is 24.7. The number of rotatable bonds is 5. The lowest BCUT2D eigenvalue weighted by Gasteiger charge is -2.30. The number of likely N-dealkylation sites (N-methyl/N-ethyl adjacent to an activating group) is 1. The van der Waals surface area contributed by atoms with Crippen molar-refractivity contribution in [2.45, 2.75) is 31.8 Å². The van der Waals surface area contributed by atoms with Gasteiger partial charge in [-0.2, -0.15) is 9.78 Å². The number of nitrogens with one attached hydrogen (secondary N) is 1. The van der Waals surface area contributed by atoms with E-state index in [4.69, 9.17) is 9.72 Å². The highest BCUT2D eigenvalue weighted by Crippen LogP contribution is 2.40. The summed E-state index contributed by atoms with van der Waals surface area (Å²) in [6.45, 7) is 4.83. The standard InChI is InChI=1S/C22H26N6O2/c1-14-20-17(22(29)24-12-16-13-27(2)9-10-30-16)11-18(15-6-7-15)25-21(20)28(26-14)19-5-3-4-8-23-19/h3-5,8,11,15-16H,6-7,9-10,12-13H2,1-2H3,(H,24,29). The second-order valence-electron chi connectivity index (χ2n) is 8.22. The summed E-state index contributed by atoms with van der Waals surface area (Å²) < 4.78 is 7.53. The van der Waals surface area contributed by atoms with Crippen molar-refractivity contribution < 1.29 is 9.53 Å². The molecule has 1 atom stereocenters.